The van der Waals surface area contributed by atoms with Gasteiger partial charge in [-0.15, -0.1) is 13.2 Å². The molecule has 0 unspecified atom stereocenters. The molecule has 1 N–H and O–H groups in total. The largest absolute Gasteiger partial charge is 0.573 e. The van der Waals surface area contributed by atoms with Crippen molar-refractivity contribution in [1.29, 1.82) is 0 Å². The number of alkyl halides is 3. The van der Waals surface area contributed by atoms with Gasteiger partial charge in [-0.3, -0.25) is 5.43 Å². The second kappa shape index (κ2) is 7.19. The third-order valence-electron chi connectivity index (χ3n) is 4.09. The SMILES string of the molecule is FC(F)(F)Oc1ccc(/C=N\Nc2c3ccccc3nc3ccccc23)cc1. The molecule has 1 aromatic heterocycles. The number of nitrogens with zero attached hydrogens (tertiary/aromatic N) is 2. The van der Waals surface area contributed by atoms with Crippen molar-refractivity contribution in [3.63, 3.8) is 0 Å². The van der Waals surface area contributed by atoms with Crippen molar-refractivity contribution in [3.8, 4) is 5.75 Å². The Labute approximate surface area is 158 Å². The average molecular weight is 381 g/mol. The molecule has 4 rings (SSSR count). The van der Waals surface area contributed by atoms with Crippen LogP contribution in [0.15, 0.2) is 77.9 Å². The van der Waals surface area contributed by atoms with Crippen molar-refractivity contribution < 1.29 is 17.9 Å². The highest BCUT2D eigenvalue weighted by molar-refractivity contribution is 6.07. The van der Waals surface area contributed by atoms with Crippen molar-refractivity contribution in [2.75, 3.05) is 5.43 Å². The van der Waals surface area contributed by atoms with E-state index in [4.69, 9.17) is 0 Å². The van der Waals surface area contributed by atoms with Gasteiger partial charge >= 0.3 is 6.36 Å². The van der Waals surface area contributed by atoms with Gasteiger partial charge in [-0.25, -0.2) is 4.98 Å². The van der Waals surface area contributed by atoms with Crippen LogP contribution in [0.3, 0.4) is 0 Å². The molecular weight excluding hydrogens is 367 g/mol. The fraction of sp³-hybridized carbons (Fsp3) is 0.0476. The van der Waals surface area contributed by atoms with Gasteiger partial charge in [-0.05, 0) is 42.0 Å². The maximum Gasteiger partial charge on any atom is 0.573 e. The molecule has 0 bridgehead atoms. The zero-order valence-electron chi connectivity index (χ0n) is 14.4. The molecule has 3 aromatic carbocycles. The maximum absolute atomic E-state index is 12.2. The molecule has 0 atom stereocenters. The highest BCUT2D eigenvalue weighted by Gasteiger charge is 2.30. The molecule has 0 saturated carbocycles. The third kappa shape index (κ3) is 3.88. The number of hydrazone groups is 1. The first-order valence-corrected chi connectivity index (χ1v) is 8.42. The van der Waals surface area contributed by atoms with Crippen LogP contribution in [0.4, 0.5) is 18.9 Å². The number of nitrogens with one attached hydrogen (secondary N) is 1. The Bertz CT molecular complexity index is 1100. The molecule has 0 spiro atoms. The third-order valence-corrected chi connectivity index (χ3v) is 4.09. The lowest BCUT2D eigenvalue weighted by Crippen LogP contribution is -2.17. The van der Waals surface area contributed by atoms with Gasteiger partial charge in [-0.1, -0.05) is 36.4 Å². The van der Waals surface area contributed by atoms with E-state index in [0.29, 0.717) is 5.56 Å². The van der Waals surface area contributed by atoms with Crippen LogP contribution in [0, 0.1) is 0 Å². The molecule has 0 amide bonds. The Morgan fingerprint density at radius 1 is 0.821 bits per heavy atom. The molecule has 7 heteroatoms. The Kier molecular flexibility index (Phi) is 4.57. The molecule has 0 saturated heterocycles. The minimum atomic E-state index is -4.71. The fourth-order valence-electron chi connectivity index (χ4n) is 2.89. The topological polar surface area (TPSA) is 46.5 Å². The average Bonchev–Trinajstić information content (AvgIpc) is 2.67. The van der Waals surface area contributed by atoms with Crippen LogP contribution in [0.25, 0.3) is 21.8 Å². The van der Waals surface area contributed by atoms with Crippen molar-refractivity contribution in [1.82, 2.24) is 4.98 Å². The number of hydrogen-bond acceptors (Lipinski definition) is 4. The normalized spacial score (nSPS) is 12.0. The highest BCUT2D eigenvalue weighted by atomic mass is 19.4. The Hall–Kier alpha value is -3.61. The van der Waals surface area contributed by atoms with E-state index in [2.05, 4.69) is 20.2 Å². The summed E-state index contributed by atoms with van der Waals surface area (Å²) in [5.74, 6) is -0.274. The molecule has 0 aliphatic heterocycles. The van der Waals surface area contributed by atoms with Crippen molar-refractivity contribution in [3.05, 3.63) is 78.4 Å². The van der Waals surface area contributed by atoms with Gasteiger partial charge in [0.25, 0.3) is 0 Å². The molecule has 0 radical (unpaired) electrons. The highest BCUT2D eigenvalue weighted by Crippen LogP contribution is 2.30. The zero-order valence-corrected chi connectivity index (χ0v) is 14.4. The molecule has 0 fully saturated rings. The van der Waals surface area contributed by atoms with Gasteiger partial charge in [0.15, 0.2) is 0 Å². The van der Waals surface area contributed by atoms with Crippen molar-refractivity contribution in [2.24, 2.45) is 5.10 Å². The van der Waals surface area contributed by atoms with Crippen LogP contribution in [0.5, 0.6) is 5.75 Å². The van der Waals surface area contributed by atoms with Gasteiger partial charge in [0.2, 0.25) is 0 Å². The number of pyridine rings is 1. The lowest BCUT2D eigenvalue weighted by atomic mass is 10.1. The molecule has 28 heavy (non-hydrogen) atoms. The number of rotatable bonds is 4. The number of anilines is 1. The second-order valence-electron chi connectivity index (χ2n) is 6.01. The zero-order chi connectivity index (χ0) is 19.6. The summed E-state index contributed by atoms with van der Waals surface area (Å²) in [6.07, 6.45) is -3.18. The number of ether oxygens (including phenoxy) is 1. The smallest absolute Gasteiger partial charge is 0.406 e. The van der Waals surface area contributed by atoms with Gasteiger partial charge in [0.1, 0.15) is 5.75 Å². The van der Waals surface area contributed by atoms with E-state index in [0.717, 1.165) is 27.5 Å². The number of fused-ring (bicyclic) bond motifs is 2. The van der Waals surface area contributed by atoms with Gasteiger partial charge in [0.05, 0.1) is 22.9 Å². The molecule has 4 aromatic rings. The minimum Gasteiger partial charge on any atom is -0.406 e. The van der Waals surface area contributed by atoms with E-state index in [9.17, 15) is 13.2 Å². The summed E-state index contributed by atoms with van der Waals surface area (Å²) >= 11 is 0. The molecule has 0 aliphatic carbocycles. The quantitative estimate of drug-likeness (QED) is 0.279. The van der Waals surface area contributed by atoms with Crippen LogP contribution in [-0.2, 0) is 0 Å². The summed E-state index contributed by atoms with van der Waals surface area (Å²) in [4.78, 5) is 4.65. The first kappa shape index (κ1) is 17.8. The van der Waals surface area contributed by atoms with Crippen molar-refractivity contribution in [2.45, 2.75) is 6.36 Å². The molecule has 4 nitrogen and oxygen atoms in total. The maximum atomic E-state index is 12.2. The first-order chi connectivity index (χ1) is 13.5. The Morgan fingerprint density at radius 2 is 1.39 bits per heavy atom. The van der Waals surface area contributed by atoms with Crippen LogP contribution in [0.2, 0.25) is 0 Å². The number of hydrogen-bond donors (Lipinski definition) is 1. The summed E-state index contributed by atoms with van der Waals surface area (Å²) in [6, 6.07) is 20.9. The molecular formula is C21H14F3N3O. The number of benzene rings is 3. The summed E-state index contributed by atoms with van der Waals surface area (Å²) < 4.78 is 40.5. The van der Waals surface area contributed by atoms with Gasteiger partial charge in [0, 0.05) is 10.8 Å². The minimum absolute atomic E-state index is 0.274. The van der Waals surface area contributed by atoms with Gasteiger partial charge in [-0.2, -0.15) is 5.10 Å². The first-order valence-electron chi connectivity index (χ1n) is 8.42. The summed E-state index contributed by atoms with van der Waals surface area (Å²) in [5.41, 5.74) is 6.17. The second-order valence-corrected chi connectivity index (χ2v) is 6.01. The van der Waals surface area contributed by atoms with E-state index < -0.39 is 6.36 Å². The fourth-order valence-corrected chi connectivity index (χ4v) is 2.89. The number of para-hydroxylation sites is 2. The Balaban J connectivity index is 1.61. The monoisotopic (exact) mass is 381 g/mol. The van der Waals surface area contributed by atoms with Crippen molar-refractivity contribution >= 4 is 33.7 Å². The number of halogens is 3. The summed E-state index contributed by atoms with van der Waals surface area (Å²) in [5, 5.41) is 6.10. The van der Waals surface area contributed by atoms with Gasteiger partial charge < -0.3 is 4.74 Å². The van der Waals surface area contributed by atoms with Crippen LogP contribution >= 0.6 is 0 Å². The van der Waals surface area contributed by atoms with Crippen LogP contribution < -0.4 is 10.2 Å². The van der Waals surface area contributed by atoms with Crippen LogP contribution in [0.1, 0.15) is 5.56 Å². The summed E-state index contributed by atoms with van der Waals surface area (Å²) in [7, 11) is 0. The van der Waals surface area contributed by atoms with E-state index in [-0.39, 0.29) is 5.75 Å². The molecule has 140 valence electrons. The lowest BCUT2D eigenvalue weighted by molar-refractivity contribution is -0.274. The molecule has 1 heterocycles. The van der Waals surface area contributed by atoms with E-state index in [1.54, 1.807) is 0 Å². The summed E-state index contributed by atoms with van der Waals surface area (Å²) in [6.45, 7) is 0. The lowest BCUT2D eigenvalue weighted by Gasteiger charge is -2.10. The Morgan fingerprint density at radius 3 is 1.96 bits per heavy atom. The molecule has 0 aliphatic rings. The van der Waals surface area contributed by atoms with E-state index in [1.165, 1.54) is 30.5 Å². The van der Waals surface area contributed by atoms with E-state index in [1.807, 2.05) is 48.5 Å². The number of aromatic nitrogens is 1. The predicted molar refractivity (Wildman–Crippen MR) is 104 cm³/mol. The van der Waals surface area contributed by atoms with E-state index >= 15 is 0 Å². The van der Waals surface area contributed by atoms with Crippen LogP contribution in [-0.4, -0.2) is 17.6 Å². The predicted octanol–water partition coefficient (Wildman–Crippen LogP) is 5.73. The standard InChI is InChI=1S/C21H14F3N3O/c22-21(23,24)28-15-11-9-14(10-12-15)13-25-27-20-16-5-1-3-7-18(16)26-19-8-4-2-6-17(19)20/h1-13H,(H,26,27)/b25-13-.